The number of aryl methyl sites for hydroxylation is 1. The van der Waals surface area contributed by atoms with Crippen LogP contribution in [0.3, 0.4) is 0 Å². The van der Waals surface area contributed by atoms with Crippen LogP contribution in [-0.4, -0.2) is 49.1 Å². The van der Waals surface area contributed by atoms with Gasteiger partial charge in [0.05, 0.1) is 22.9 Å². The molecule has 1 saturated heterocycles. The smallest absolute Gasteiger partial charge is 0.367 e. The van der Waals surface area contributed by atoms with Gasteiger partial charge in [-0.25, -0.2) is 4.98 Å². The van der Waals surface area contributed by atoms with Crippen molar-refractivity contribution in [1.29, 1.82) is 0 Å². The standard InChI is InChI=1S/C21H23ClF3N3O2S/c1-12-17(20(29)27-14-5-4-6-15(11-14)31-3)19(26-13(2)18(12)22)28-8-7-16(21(23,24)25)30-10-9-28/h4-6,11,16H,7-10H2,1-3H3,(H,27,29). The van der Waals surface area contributed by atoms with Crippen LogP contribution < -0.4 is 10.2 Å². The molecule has 31 heavy (non-hydrogen) atoms. The molecule has 2 heterocycles. The van der Waals surface area contributed by atoms with E-state index in [0.29, 0.717) is 27.8 Å². The quantitative estimate of drug-likeness (QED) is 0.595. The second kappa shape index (κ2) is 9.67. The van der Waals surface area contributed by atoms with Crippen molar-refractivity contribution in [3.05, 3.63) is 46.1 Å². The molecule has 0 aliphatic carbocycles. The molecule has 10 heteroatoms. The number of ether oxygens (including phenoxy) is 1. The molecule has 1 aliphatic heterocycles. The first kappa shape index (κ1) is 23.7. The van der Waals surface area contributed by atoms with Gasteiger partial charge in [-0.3, -0.25) is 4.79 Å². The van der Waals surface area contributed by atoms with Gasteiger partial charge in [-0.2, -0.15) is 13.2 Å². The second-order valence-corrected chi connectivity index (χ2v) is 8.46. The van der Waals surface area contributed by atoms with Gasteiger partial charge in [0.15, 0.2) is 6.10 Å². The van der Waals surface area contributed by atoms with Gasteiger partial charge in [0.1, 0.15) is 5.82 Å². The summed E-state index contributed by atoms with van der Waals surface area (Å²) < 4.78 is 44.3. The number of nitrogens with one attached hydrogen (secondary N) is 1. The van der Waals surface area contributed by atoms with E-state index in [0.717, 1.165) is 4.90 Å². The van der Waals surface area contributed by atoms with Crippen molar-refractivity contribution in [2.75, 3.05) is 36.2 Å². The second-order valence-electron chi connectivity index (χ2n) is 7.20. The van der Waals surface area contributed by atoms with E-state index >= 15 is 0 Å². The van der Waals surface area contributed by atoms with Crippen LogP contribution in [0.1, 0.15) is 28.0 Å². The molecule has 3 rings (SSSR count). The van der Waals surface area contributed by atoms with Crippen LogP contribution in [0.25, 0.3) is 0 Å². The molecule has 1 aromatic heterocycles. The van der Waals surface area contributed by atoms with Crippen molar-refractivity contribution in [3.8, 4) is 0 Å². The Labute approximate surface area is 188 Å². The van der Waals surface area contributed by atoms with Gasteiger partial charge >= 0.3 is 6.18 Å². The predicted molar refractivity (Wildman–Crippen MR) is 118 cm³/mol. The molecular formula is C21H23ClF3N3O2S. The maximum atomic E-state index is 13.2. The fourth-order valence-electron chi connectivity index (χ4n) is 3.45. The van der Waals surface area contributed by atoms with Crippen LogP contribution in [0.4, 0.5) is 24.7 Å². The third-order valence-corrected chi connectivity index (χ3v) is 6.36. The van der Waals surface area contributed by atoms with E-state index in [1.165, 1.54) is 0 Å². The number of aromatic nitrogens is 1. The summed E-state index contributed by atoms with van der Waals surface area (Å²) in [6.07, 6.45) is -4.58. The lowest BCUT2D eigenvalue weighted by Gasteiger charge is -2.25. The minimum absolute atomic E-state index is 0.0555. The maximum Gasteiger partial charge on any atom is 0.414 e. The predicted octanol–water partition coefficient (Wildman–Crippen LogP) is 5.48. The first-order valence-corrected chi connectivity index (χ1v) is 11.3. The van der Waals surface area contributed by atoms with Gasteiger partial charge < -0.3 is 15.0 Å². The van der Waals surface area contributed by atoms with Crippen molar-refractivity contribution in [1.82, 2.24) is 4.98 Å². The van der Waals surface area contributed by atoms with Crippen molar-refractivity contribution in [2.45, 2.75) is 37.4 Å². The summed E-state index contributed by atoms with van der Waals surface area (Å²) in [4.78, 5) is 20.3. The lowest BCUT2D eigenvalue weighted by molar-refractivity contribution is -0.218. The fourth-order valence-corrected chi connectivity index (χ4v) is 4.05. The van der Waals surface area contributed by atoms with Crippen LogP contribution in [0.5, 0.6) is 0 Å². The van der Waals surface area contributed by atoms with Crippen molar-refractivity contribution in [2.24, 2.45) is 0 Å². The van der Waals surface area contributed by atoms with E-state index in [4.69, 9.17) is 16.3 Å². The fraction of sp³-hybridized carbons (Fsp3) is 0.429. The molecule has 1 aliphatic rings. The lowest BCUT2D eigenvalue weighted by Crippen LogP contribution is -2.33. The molecule has 168 valence electrons. The highest BCUT2D eigenvalue weighted by molar-refractivity contribution is 7.98. The Morgan fingerprint density at radius 3 is 2.74 bits per heavy atom. The number of anilines is 2. The molecule has 1 atom stereocenters. The van der Waals surface area contributed by atoms with Crippen LogP contribution in [0.15, 0.2) is 29.2 Å². The van der Waals surface area contributed by atoms with Gasteiger partial charge in [0.2, 0.25) is 0 Å². The Morgan fingerprint density at radius 1 is 1.32 bits per heavy atom. The van der Waals surface area contributed by atoms with E-state index in [1.807, 2.05) is 24.5 Å². The van der Waals surface area contributed by atoms with E-state index in [2.05, 4.69) is 10.3 Å². The van der Waals surface area contributed by atoms with Crippen LogP contribution in [0.2, 0.25) is 5.02 Å². The average molecular weight is 474 g/mol. The first-order valence-electron chi connectivity index (χ1n) is 9.67. The number of carbonyl (C=O) groups excluding carboxylic acids is 1. The minimum atomic E-state index is -4.43. The summed E-state index contributed by atoms with van der Waals surface area (Å²) in [5.74, 6) is -0.109. The van der Waals surface area contributed by atoms with Gasteiger partial charge in [0, 0.05) is 30.1 Å². The van der Waals surface area contributed by atoms with E-state index in [9.17, 15) is 18.0 Å². The van der Waals surface area contributed by atoms with Crippen molar-refractivity contribution in [3.63, 3.8) is 0 Å². The summed E-state index contributed by atoms with van der Waals surface area (Å²) in [6, 6.07) is 7.37. The largest absolute Gasteiger partial charge is 0.414 e. The van der Waals surface area contributed by atoms with Crippen molar-refractivity contribution >= 4 is 40.8 Å². The van der Waals surface area contributed by atoms with Crippen LogP contribution in [-0.2, 0) is 4.74 Å². The number of alkyl halides is 3. The summed E-state index contributed by atoms with van der Waals surface area (Å²) in [7, 11) is 0. The zero-order valence-corrected chi connectivity index (χ0v) is 18.9. The SMILES string of the molecule is CSc1cccc(NC(=O)c2c(N3CCOC(C(F)(F)F)CC3)nc(C)c(Cl)c2C)c1. The Kier molecular flexibility index (Phi) is 7.39. The summed E-state index contributed by atoms with van der Waals surface area (Å²) in [6.45, 7) is 3.53. The summed E-state index contributed by atoms with van der Waals surface area (Å²) in [5, 5.41) is 3.21. The molecule has 0 bridgehead atoms. The molecule has 5 nitrogen and oxygen atoms in total. The summed E-state index contributed by atoms with van der Waals surface area (Å²) in [5.41, 5.74) is 1.89. The van der Waals surface area contributed by atoms with E-state index < -0.39 is 18.2 Å². The number of nitrogens with zero attached hydrogens (tertiary/aromatic N) is 2. The number of hydrogen-bond acceptors (Lipinski definition) is 5. The molecule has 1 N–H and O–H groups in total. The zero-order chi connectivity index (χ0) is 22.8. The van der Waals surface area contributed by atoms with Gasteiger partial charge in [0.25, 0.3) is 5.91 Å². The Bertz CT molecular complexity index is 972. The minimum Gasteiger partial charge on any atom is -0.367 e. The molecule has 0 radical (unpaired) electrons. The molecule has 1 aromatic carbocycles. The maximum absolute atomic E-state index is 13.2. The molecule has 1 unspecified atom stereocenters. The molecule has 0 spiro atoms. The molecule has 1 amide bonds. The Hall–Kier alpha value is -1.97. The Balaban J connectivity index is 1.95. The van der Waals surface area contributed by atoms with E-state index in [1.54, 1.807) is 36.6 Å². The molecule has 0 saturated carbocycles. The topological polar surface area (TPSA) is 54.5 Å². The van der Waals surface area contributed by atoms with Crippen molar-refractivity contribution < 1.29 is 22.7 Å². The number of amides is 1. The third-order valence-electron chi connectivity index (χ3n) is 5.08. The number of thioether (sulfide) groups is 1. The normalized spacial score (nSPS) is 17.4. The number of hydrogen-bond donors (Lipinski definition) is 1. The highest BCUT2D eigenvalue weighted by atomic mass is 35.5. The number of rotatable bonds is 4. The van der Waals surface area contributed by atoms with E-state index in [-0.39, 0.29) is 31.7 Å². The van der Waals surface area contributed by atoms with Gasteiger partial charge in [-0.1, -0.05) is 17.7 Å². The zero-order valence-electron chi connectivity index (χ0n) is 17.3. The number of pyridine rings is 1. The molecular weight excluding hydrogens is 451 g/mol. The summed E-state index contributed by atoms with van der Waals surface area (Å²) >= 11 is 7.91. The van der Waals surface area contributed by atoms with Gasteiger partial charge in [-0.05, 0) is 43.9 Å². The average Bonchev–Trinajstić information content (AvgIpc) is 2.98. The third kappa shape index (κ3) is 5.45. The number of halogens is 4. The van der Waals surface area contributed by atoms with Gasteiger partial charge in [-0.15, -0.1) is 11.8 Å². The van der Waals surface area contributed by atoms with Crippen LogP contribution >= 0.6 is 23.4 Å². The highest BCUT2D eigenvalue weighted by Gasteiger charge is 2.42. The molecule has 2 aromatic rings. The monoisotopic (exact) mass is 473 g/mol. The Morgan fingerprint density at radius 2 is 2.06 bits per heavy atom. The van der Waals surface area contributed by atoms with Crippen LogP contribution in [0, 0.1) is 13.8 Å². The lowest BCUT2D eigenvalue weighted by atomic mass is 10.1. The number of benzene rings is 1. The first-order chi connectivity index (χ1) is 14.6. The number of carbonyl (C=O) groups is 1. The highest BCUT2D eigenvalue weighted by Crippen LogP contribution is 2.33. The molecule has 1 fully saturated rings.